The molecule has 0 heterocycles. The van der Waals surface area contributed by atoms with Gasteiger partial charge in [-0.15, -0.1) is 0 Å². The number of hydrogen-bond acceptors (Lipinski definition) is 3. The minimum absolute atomic E-state index is 0.0462. The molecule has 0 aromatic heterocycles. The highest BCUT2D eigenvalue weighted by atomic mass is 35.5. The van der Waals surface area contributed by atoms with Crippen molar-refractivity contribution in [3.05, 3.63) is 70.2 Å². The van der Waals surface area contributed by atoms with E-state index < -0.39 is 11.7 Å². The van der Waals surface area contributed by atoms with Crippen LogP contribution in [0.25, 0.3) is 0 Å². The summed E-state index contributed by atoms with van der Waals surface area (Å²) in [6, 6.07) is 15.3. The van der Waals surface area contributed by atoms with Gasteiger partial charge in [-0.05, 0) is 62.3 Å². The second-order valence-corrected chi connectivity index (χ2v) is 9.53. The van der Waals surface area contributed by atoms with Gasteiger partial charge in [-0.2, -0.15) is 0 Å². The van der Waals surface area contributed by atoms with Crippen LogP contribution in [0.15, 0.2) is 48.5 Å². The van der Waals surface area contributed by atoms with Gasteiger partial charge in [0.15, 0.2) is 0 Å². The molecule has 1 fully saturated rings. The Labute approximate surface area is 189 Å². The van der Waals surface area contributed by atoms with Crippen LogP contribution in [0, 0.1) is 0 Å². The Morgan fingerprint density at radius 2 is 1.84 bits per heavy atom. The zero-order valence-corrected chi connectivity index (χ0v) is 19.4. The lowest BCUT2D eigenvalue weighted by molar-refractivity contribution is -0.131. The molecule has 1 atom stereocenters. The van der Waals surface area contributed by atoms with Gasteiger partial charge < -0.3 is 15.0 Å². The molecule has 0 aliphatic heterocycles. The fraction of sp³-hybridized carbons (Fsp3) is 0.440. The zero-order valence-electron chi connectivity index (χ0n) is 18.7. The first-order valence-electron chi connectivity index (χ1n) is 10.7. The van der Waals surface area contributed by atoms with Crippen molar-refractivity contribution in [3.8, 4) is 0 Å². The van der Waals surface area contributed by atoms with E-state index in [1.807, 2.05) is 69.3 Å². The number of nitrogens with zero attached hydrogens (tertiary/aromatic N) is 1. The molecule has 6 heteroatoms. The monoisotopic (exact) mass is 442 g/mol. The number of carbonyl (C=O) groups is 2. The fourth-order valence-corrected chi connectivity index (χ4v) is 3.88. The maximum atomic E-state index is 13.1. The van der Waals surface area contributed by atoms with Gasteiger partial charge in [0.25, 0.3) is 0 Å². The van der Waals surface area contributed by atoms with E-state index in [0.717, 1.165) is 16.1 Å². The second-order valence-electron chi connectivity index (χ2n) is 9.12. The van der Waals surface area contributed by atoms with E-state index in [2.05, 4.69) is 5.32 Å². The second kappa shape index (κ2) is 9.73. The lowest BCUT2D eigenvalue weighted by atomic mass is 10.0. The highest BCUT2D eigenvalue weighted by Gasteiger charge is 2.27. The molecule has 3 rings (SSSR count). The summed E-state index contributed by atoms with van der Waals surface area (Å²) in [6.07, 6.45) is 2.11. The first-order chi connectivity index (χ1) is 14.6. The quantitative estimate of drug-likeness (QED) is 0.617. The molecular weight excluding hydrogens is 412 g/mol. The molecular formula is C25H31ClN2O3. The average Bonchev–Trinajstić information content (AvgIpc) is 3.52. The largest absolute Gasteiger partial charge is 0.444 e. The fourth-order valence-electron chi connectivity index (χ4n) is 3.53. The molecule has 2 aromatic rings. The minimum atomic E-state index is -0.583. The molecule has 0 spiro atoms. The molecule has 0 bridgehead atoms. The van der Waals surface area contributed by atoms with Crippen molar-refractivity contribution in [3.63, 3.8) is 0 Å². The summed E-state index contributed by atoms with van der Waals surface area (Å²) in [5.74, 6) is 0.524. The molecule has 1 aliphatic rings. The summed E-state index contributed by atoms with van der Waals surface area (Å²) in [5, 5.41) is 3.53. The third-order valence-corrected chi connectivity index (χ3v) is 5.65. The van der Waals surface area contributed by atoms with Crippen molar-refractivity contribution < 1.29 is 14.3 Å². The summed E-state index contributed by atoms with van der Waals surface area (Å²) < 4.78 is 5.34. The van der Waals surface area contributed by atoms with Crippen molar-refractivity contribution in [1.82, 2.24) is 10.2 Å². The lowest BCUT2D eigenvalue weighted by Gasteiger charge is -2.29. The van der Waals surface area contributed by atoms with Gasteiger partial charge in [0.05, 0.1) is 12.5 Å². The molecule has 0 saturated heterocycles. The average molecular weight is 443 g/mol. The molecule has 5 nitrogen and oxygen atoms in total. The van der Waals surface area contributed by atoms with Crippen LogP contribution >= 0.6 is 11.6 Å². The number of amides is 2. The molecule has 2 aromatic carbocycles. The van der Waals surface area contributed by atoms with E-state index in [4.69, 9.17) is 16.3 Å². The van der Waals surface area contributed by atoms with Gasteiger partial charge in [0, 0.05) is 18.6 Å². The van der Waals surface area contributed by atoms with Crippen LogP contribution in [0.3, 0.4) is 0 Å². The summed E-state index contributed by atoms with van der Waals surface area (Å²) >= 11 is 6.44. The normalized spacial score (nSPS) is 14.6. The Balaban J connectivity index is 1.69. The third kappa shape index (κ3) is 6.73. The van der Waals surface area contributed by atoms with Crippen molar-refractivity contribution in [1.29, 1.82) is 0 Å². The van der Waals surface area contributed by atoms with E-state index >= 15 is 0 Å². The van der Waals surface area contributed by atoms with Crippen molar-refractivity contribution >= 4 is 23.6 Å². The maximum Gasteiger partial charge on any atom is 0.407 e. The third-order valence-electron chi connectivity index (χ3n) is 5.32. The predicted molar refractivity (Wildman–Crippen MR) is 123 cm³/mol. The van der Waals surface area contributed by atoms with Crippen molar-refractivity contribution in [2.45, 2.75) is 57.6 Å². The van der Waals surface area contributed by atoms with Crippen LogP contribution < -0.4 is 5.32 Å². The van der Waals surface area contributed by atoms with Gasteiger partial charge in [-0.25, -0.2) is 4.79 Å². The molecule has 1 unspecified atom stereocenters. The minimum Gasteiger partial charge on any atom is -0.444 e. The Kier molecular flexibility index (Phi) is 7.26. The highest BCUT2D eigenvalue weighted by molar-refractivity contribution is 6.31. The first-order valence-corrected chi connectivity index (χ1v) is 11.1. The van der Waals surface area contributed by atoms with Crippen LogP contribution in [0.5, 0.6) is 0 Å². The number of benzene rings is 2. The molecule has 2 amide bonds. The lowest BCUT2D eigenvalue weighted by Crippen LogP contribution is -2.41. The Hall–Kier alpha value is -2.53. The maximum absolute atomic E-state index is 13.1. The van der Waals surface area contributed by atoms with Crippen LogP contribution in [0.2, 0.25) is 5.02 Å². The Bertz CT molecular complexity index is 920. The molecule has 0 radical (unpaired) electrons. The summed E-state index contributed by atoms with van der Waals surface area (Å²) in [6.45, 7) is 5.70. The van der Waals surface area contributed by atoms with Gasteiger partial charge in [0.1, 0.15) is 5.60 Å². The number of ether oxygens (including phenoxy) is 1. The van der Waals surface area contributed by atoms with Gasteiger partial charge in [-0.3, -0.25) is 4.79 Å². The summed E-state index contributed by atoms with van der Waals surface area (Å²) in [4.78, 5) is 26.9. The number of hydrogen-bond donors (Lipinski definition) is 1. The van der Waals surface area contributed by atoms with E-state index in [1.54, 1.807) is 11.9 Å². The van der Waals surface area contributed by atoms with Crippen molar-refractivity contribution in [2.75, 3.05) is 13.6 Å². The predicted octanol–water partition coefficient (Wildman–Crippen LogP) is 5.48. The highest BCUT2D eigenvalue weighted by Crippen LogP contribution is 2.43. The van der Waals surface area contributed by atoms with Crippen LogP contribution in [-0.2, 0) is 16.0 Å². The molecule has 1 saturated carbocycles. The number of carbonyl (C=O) groups excluding carboxylic acids is 2. The summed E-state index contributed by atoms with van der Waals surface area (Å²) in [7, 11) is 1.76. The topological polar surface area (TPSA) is 58.6 Å². The van der Waals surface area contributed by atoms with E-state index in [0.29, 0.717) is 5.92 Å². The number of halogens is 1. The number of nitrogens with one attached hydrogen (secondary N) is 1. The van der Waals surface area contributed by atoms with Gasteiger partial charge in [-0.1, -0.05) is 54.1 Å². The standard InChI is InChI=1S/C25H31ClN2O3/c1-25(2,3)31-24(30)27-16-22(19-8-6-5-7-9-19)28(4)23(29)15-17-10-13-20(18-11-12-18)21(26)14-17/h5-10,13-14,18,22H,11-12,15-16H2,1-4H3,(H,27,30). The molecule has 166 valence electrons. The van der Waals surface area contributed by atoms with E-state index in [9.17, 15) is 9.59 Å². The SMILES string of the molecule is CN(C(=O)Cc1ccc(C2CC2)c(Cl)c1)C(CNC(=O)OC(C)(C)C)c1ccccc1. The Morgan fingerprint density at radius 3 is 2.42 bits per heavy atom. The molecule has 1 N–H and O–H groups in total. The summed E-state index contributed by atoms with van der Waals surface area (Å²) in [5.41, 5.74) is 2.42. The number of alkyl carbamates (subject to hydrolysis) is 1. The van der Waals surface area contributed by atoms with Gasteiger partial charge in [0.2, 0.25) is 5.91 Å². The number of rotatable bonds is 7. The molecule has 31 heavy (non-hydrogen) atoms. The zero-order chi connectivity index (χ0) is 22.6. The van der Waals surface area contributed by atoms with E-state index in [1.165, 1.54) is 18.4 Å². The Morgan fingerprint density at radius 1 is 1.16 bits per heavy atom. The van der Waals surface area contributed by atoms with Crippen LogP contribution in [-0.4, -0.2) is 36.1 Å². The van der Waals surface area contributed by atoms with Gasteiger partial charge >= 0.3 is 6.09 Å². The first kappa shape index (κ1) is 23.1. The number of likely N-dealkylation sites (N-methyl/N-ethyl adjacent to an activating group) is 1. The van der Waals surface area contributed by atoms with E-state index in [-0.39, 0.29) is 24.9 Å². The smallest absolute Gasteiger partial charge is 0.407 e. The van der Waals surface area contributed by atoms with Crippen molar-refractivity contribution in [2.24, 2.45) is 0 Å². The molecule has 1 aliphatic carbocycles. The van der Waals surface area contributed by atoms with Crippen LogP contribution in [0.1, 0.15) is 62.3 Å². The van der Waals surface area contributed by atoms with Crippen LogP contribution in [0.4, 0.5) is 4.79 Å².